The maximum Gasteiger partial charge on any atom is 0.350 e. The highest BCUT2D eigenvalue weighted by Crippen LogP contribution is 2.16. The molecule has 1 aromatic carbocycles. The average molecular weight is 288 g/mol. The number of hydrogen-bond donors (Lipinski definition) is 1. The molecule has 0 saturated carbocycles. The van der Waals surface area contributed by atoms with E-state index >= 15 is 0 Å². The summed E-state index contributed by atoms with van der Waals surface area (Å²) in [6.45, 7) is 0.00159. The molecule has 0 aliphatic carbocycles. The Balaban J connectivity index is 3.01. The van der Waals surface area contributed by atoms with Crippen molar-refractivity contribution in [2.24, 2.45) is 5.73 Å². The van der Waals surface area contributed by atoms with Gasteiger partial charge in [-0.2, -0.15) is 13.1 Å². The van der Waals surface area contributed by atoms with Crippen molar-refractivity contribution in [3.8, 4) is 11.8 Å². The fourth-order valence-corrected chi connectivity index (χ4v) is 1.98. The quantitative estimate of drug-likeness (QED) is 0.840. The summed E-state index contributed by atoms with van der Waals surface area (Å²) in [5.74, 6) is 1.99. The van der Waals surface area contributed by atoms with Gasteiger partial charge in [-0.05, 0) is 11.6 Å². The lowest BCUT2D eigenvalue weighted by Crippen LogP contribution is -2.31. The van der Waals surface area contributed by atoms with Gasteiger partial charge in [0, 0.05) is 19.2 Å². The summed E-state index contributed by atoms with van der Waals surface area (Å²) in [7, 11) is -3.48. The Morgan fingerprint density at radius 2 is 2.00 bits per heavy atom. The third kappa shape index (κ3) is 3.99. The number of benzene rings is 1. The van der Waals surface area contributed by atoms with Gasteiger partial charge < -0.3 is 5.73 Å². The lowest BCUT2D eigenvalue weighted by atomic mass is 10.1. The number of alkyl halides is 2. The van der Waals surface area contributed by atoms with Crippen molar-refractivity contribution < 1.29 is 17.2 Å². The molecule has 0 atom stereocenters. The van der Waals surface area contributed by atoms with E-state index in [0.717, 1.165) is 7.05 Å². The van der Waals surface area contributed by atoms with Crippen molar-refractivity contribution >= 4 is 10.0 Å². The molecule has 1 rings (SSSR count). The number of rotatable bonds is 4. The molecule has 0 fully saturated rings. The van der Waals surface area contributed by atoms with Gasteiger partial charge in [-0.15, -0.1) is 0 Å². The molecule has 0 amide bonds. The highest BCUT2D eigenvalue weighted by atomic mass is 32.2. The van der Waals surface area contributed by atoms with Crippen LogP contribution in [0.3, 0.4) is 0 Å². The number of nitrogens with zero attached hydrogens (tertiary/aromatic N) is 1. The Morgan fingerprint density at radius 3 is 2.58 bits per heavy atom. The molecule has 1 aromatic rings. The van der Waals surface area contributed by atoms with Gasteiger partial charge in [-0.3, -0.25) is 0 Å². The van der Waals surface area contributed by atoms with Gasteiger partial charge in [-0.1, -0.05) is 30.0 Å². The minimum Gasteiger partial charge on any atom is -0.320 e. The molecule has 7 heteroatoms. The van der Waals surface area contributed by atoms with Crippen LogP contribution in [0.2, 0.25) is 0 Å². The molecule has 0 radical (unpaired) electrons. The summed E-state index contributed by atoms with van der Waals surface area (Å²) < 4.78 is 48.0. The third-order valence-electron chi connectivity index (χ3n) is 2.40. The highest BCUT2D eigenvalue weighted by molar-refractivity contribution is 7.89. The van der Waals surface area contributed by atoms with Gasteiger partial charge in [0.2, 0.25) is 0 Å². The van der Waals surface area contributed by atoms with Crippen molar-refractivity contribution in [1.82, 2.24) is 4.31 Å². The van der Waals surface area contributed by atoms with Crippen LogP contribution in [-0.4, -0.2) is 32.1 Å². The molecule has 0 aliphatic heterocycles. The topological polar surface area (TPSA) is 63.4 Å². The van der Waals surface area contributed by atoms with E-state index in [1.54, 1.807) is 24.3 Å². The van der Waals surface area contributed by atoms with E-state index in [2.05, 4.69) is 11.8 Å². The van der Waals surface area contributed by atoms with Gasteiger partial charge in [0.1, 0.15) is 0 Å². The Hall–Kier alpha value is -1.49. The Labute approximate surface area is 111 Å². The molecule has 0 bridgehead atoms. The Morgan fingerprint density at radius 1 is 1.37 bits per heavy atom. The lowest BCUT2D eigenvalue weighted by Gasteiger charge is -2.17. The predicted octanol–water partition coefficient (Wildman–Crippen LogP) is 0.981. The molecule has 4 nitrogen and oxygen atoms in total. The molecule has 0 aliphatic rings. The molecule has 0 heterocycles. The SMILES string of the molecule is CN(Cc1ccccc1C#CCN)S(=O)(=O)C(F)F. The minimum atomic E-state index is -4.59. The van der Waals surface area contributed by atoms with E-state index in [1.165, 1.54) is 0 Å². The van der Waals surface area contributed by atoms with Crippen LogP contribution in [0.15, 0.2) is 24.3 Å². The number of sulfonamides is 1. The monoisotopic (exact) mass is 288 g/mol. The molecule has 0 saturated heterocycles. The third-order valence-corrected chi connectivity index (χ3v) is 3.84. The van der Waals surface area contributed by atoms with Crippen molar-refractivity contribution in [3.05, 3.63) is 35.4 Å². The summed E-state index contributed by atoms with van der Waals surface area (Å²) in [6.07, 6.45) is 0. The van der Waals surface area contributed by atoms with Crippen LogP contribution in [0.25, 0.3) is 0 Å². The van der Waals surface area contributed by atoms with E-state index in [9.17, 15) is 17.2 Å². The zero-order chi connectivity index (χ0) is 14.5. The molecule has 104 valence electrons. The van der Waals surface area contributed by atoms with Gasteiger partial charge in [0.25, 0.3) is 10.0 Å². The maximum atomic E-state index is 12.4. The number of nitrogens with two attached hydrogens (primary N) is 1. The van der Waals surface area contributed by atoms with Gasteiger partial charge in [-0.25, -0.2) is 8.42 Å². The average Bonchev–Trinajstić information content (AvgIpc) is 2.37. The van der Waals surface area contributed by atoms with E-state index in [1.807, 2.05) is 0 Å². The molecular formula is C12H14F2N2O2S. The van der Waals surface area contributed by atoms with Crippen LogP contribution >= 0.6 is 0 Å². The van der Waals surface area contributed by atoms with Gasteiger partial charge in [0.05, 0.1) is 6.54 Å². The van der Waals surface area contributed by atoms with Crippen LogP contribution in [0.5, 0.6) is 0 Å². The first kappa shape index (κ1) is 15.6. The molecule has 19 heavy (non-hydrogen) atoms. The fraction of sp³-hybridized carbons (Fsp3) is 0.333. The standard InChI is InChI=1S/C12H14F2N2O2S/c1-16(19(17,18)12(13)14)9-11-6-3-2-5-10(11)7-4-8-15/h2-3,5-6,12H,8-9,15H2,1H3. The van der Waals surface area contributed by atoms with Crippen molar-refractivity contribution in [2.75, 3.05) is 13.6 Å². The lowest BCUT2D eigenvalue weighted by molar-refractivity contribution is 0.222. The van der Waals surface area contributed by atoms with Crippen molar-refractivity contribution in [3.63, 3.8) is 0 Å². The first-order chi connectivity index (χ1) is 8.89. The van der Waals surface area contributed by atoms with Crippen LogP contribution < -0.4 is 5.73 Å². The molecule has 0 spiro atoms. The van der Waals surface area contributed by atoms with Gasteiger partial charge in [0.15, 0.2) is 0 Å². The normalized spacial score (nSPS) is 11.5. The van der Waals surface area contributed by atoms with Crippen molar-refractivity contribution in [2.45, 2.75) is 12.3 Å². The fourth-order valence-electron chi connectivity index (χ4n) is 1.39. The molecule has 0 aromatic heterocycles. The van der Waals surface area contributed by atoms with Crippen molar-refractivity contribution in [1.29, 1.82) is 0 Å². The molecular weight excluding hydrogens is 274 g/mol. The first-order valence-electron chi connectivity index (χ1n) is 5.39. The molecule has 0 unspecified atom stereocenters. The Kier molecular flexibility index (Phi) is 5.42. The largest absolute Gasteiger partial charge is 0.350 e. The smallest absolute Gasteiger partial charge is 0.320 e. The molecule has 2 N–H and O–H groups in total. The second-order valence-electron chi connectivity index (χ2n) is 3.72. The van der Waals surface area contributed by atoms with Gasteiger partial charge >= 0.3 is 5.76 Å². The second-order valence-corrected chi connectivity index (χ2v) is 5.73. The van der Waals surface area contributed by atoms with E-state index < -0.39 is 15.8 Å². The van der Waals surface area contributed by atoms with Crippen LogP contribution in [-0.2, 0) is 16.6 Å². The van der Waals surface area contributed by atoms with E-state index in [-0.39, 0.29) is 13.1 Å². The predicted molar refractivity (Wildman–Crippen MR) is 68.8 cm³/mol. The summed E-state index contributed by atoms with van der Waals surface area (Å²) in [6, 6.07) is 6.73. The zero-order valence-electron chi connectivity index (χ0n) is 10.3. The summed E-state index contributed by atoms with van der Waals surface area (Å²) >= 11 is 0. The first-order valence-corrected chi connectivity index (χ1v) is 6.90. The van der Waals surface area contributed by atoms with Crippen LogP contribution in [0.4, 0.5) is 8.78 Å². The van der Waals surface area contributed by atoms with E-state index in [4.69, 9.17) is 5.73 Å². The number of halogens is 2. The maximum absolute atomic E-state index is 12.4. The number of hydrogen-bond acceptors (Lipinski definition) is 3. The van der Waals surface area contributed by atoms with Crippen LogP contribution in [0.1, 0.15) is 11.1 Å². The summed E-state index contributed by atoms with van der Waals surface area (Å²) in [5, 5.41) is 0. The summed E-state index contributed by atoms with van der Waals surface area (Å²) in [4.78, 5) is 0. The van der Waals surface area contributed by atoms with Crippen LogP contribution in [0, 0.1) is 11.8 Å². The zero-order valence-corrected chi connectivity index (χ0v) is 11.1. The minimum absolute atomic E-state index is 0.165. The van der Waals surface area contributed by atoms with E-state index in [0.29, 0.717) is 15.4 Å². The summed E-state index contributed by atoms with van der Waals surface area (Å²) in [5.41, 5.74) is 6.38. The Bertz CT molecular complexity index is 591. The second kappa shape index (κ2) is 6.61. The highest BCUT2D eigenvalue weighted by Gasteiger charge is 2.29.